The van der Waals surface area contributed by atoms with Gasteiger partial charge in [-0.3, -0.25) is 4.90 Å². The maximum absolute atomic E-state index is 12.0. The number of aromatic nitrogens is 2. The van der Waals surface area contributed by atoms with E-state index in [1.165, 1.54) is 11.1 Å². The zero-order valence-corrected chi connectivity index (χ0v) is 16.3. The van der Waals surface area contributed by atoms with E-state index < -0.39 is 0 Å². The lowest BCUT2D eigenvalue weighted by atomic mass is 10.2. The first-order chi connectivity index (χ1) is 13.7. The van der Waals surface area contributed by atoms with E-state index in [2.05, 4.69) is 57.2 Å². The summed E-state index contributed by atoms with van der Waals surface area (Å²) in [5.41, 5.74) is 3.48. The van der Waals surface area contributed by atoms with Crippen molar-refractivity contribution in [3.8, 4) is 0 Å². The zero-order valence-electron chi connectivity index (χ0n) is 16.3. The van der Waals surface area contributed by atoms with Gasteiger partial charge in [0.1, 0.15) is 5.82 Å². The number of imidazole rings is 1. The van der Waals surface area contributed by atoms with Crippen molar-refractivity contribution in [2.45, 2.75) is 20.0 Å². The molecule has 2 aromatic carbocycles. The van der Waals surface area contributed by atoms with Crippen molar-refractivity contribution in [3.05, 3.63) is 66.0 Å². The molecule has 6 heteroatoms. The van der Waals surface area contributed by atoms with Gasteiger partial charge in [0.2, 0.25) is 0 Å². The molecule has 0 saturated carbocycles. The van der Waals surface area contributed by atoms with Crippen molar-refractivity contribution in [1.29, 1.82) is 0 Å². The highest BCUT2D eigenvalue weighted by Gasteiger charge is 2.22. The lowest BCUT2D eigenvalue weighted by molar-refractivity contribution is 0.133. The van der Waals surface area contributed by atoms with Crippen LogP contribution in [0.4, 0.5) is 4.79 Å². The van der Waals surface area contributed by atoms with Gasteiger partial charge in [-0.25, -0.2) is 9.78 Å². The van der Waals surface area contributed by atoms with Crippen molar-refractivity contribution < 1.29 is 4.79 Å². The molecule has 0 aliphatic carbocycles. The van der Waals surface area contributed by atoms with Gasteiger partial charge in [0.25, 0.3) is 0 Å². The molecule has 3 aromatic rings. The smallest absolute Gasteiger partial charge is 0.317 e. The minimum Gasteiger partial charge on any atom is -0.338 e. The number of urea groups is 1. The minimum atomic E-state index is 0.0402. The highest BCUT2D eigenvalue weighted by Crippen LogP contribution is 2.20. The Bertz CT molecular complexity index is 929. The maximum atomic E-state index is 12.0. The summed E-state index contributed by atoms with van der Waals surface area (Å²) in [6.07, 6.45) is 0. The molecule has 1 aromatic heterocycles. The normalized spacial score (nSPS) is 15.1. The summed E-state index contributed by atoms with van der Waals surface area (Å²) in [5.74, 6) is 1.08. The van der Waals surface area contributed by atoms with Crippen molar-refractivity contribution in [2.75, 3.05) is 32.7 Å². The number of carbonyl (C=O) groups is 1. The van der Waals surface area contributed by atoms with E-state index in [0.717, 1.165) is 50.6 Å². The third-order valence-electron chi connectivity index (χ3n) is 5.27. The summed E-state index contributed by atoms with van der Waals surface area (Å²) >= 11 is 0. The van der Waals surface area contributed by atoms with Gasteiger partial charge in [-0.15, -0.1) is 0 Å². The van der Waals surface area contributed by atoms with Crippen LogP contribution in [-0.4, -0.2) is 58.1 Å². The molecule has 0 radical (unpaired) electrons. The Hall–Kier alpha value is -2.86. The first-order valence-corrected chi connectivity index (χ1v) is 9.98. The Morgan fingerprint density at radius 1 is 0.964 bits per heavy atom. The number of hydrogen-bond acceptors (Lipinski definition) is 3. The Labute approximate surface area is 165 Å². The molecule has 1 aliphatic rings. The molecular formula is C22H27N5O. The van der Waals surface area contributed by atoms with Crippen LogP contribution in [0.25, 0.3) is 11.0 Å². The molecule has 1 saturated heterocycles. The molecule has 0 bridgehead atoms. The van der Waals surface area contributed by atoms with Gasteiger partial charge in [-0.1, -0.05) is 42.5 Å². The maximum Gasteiger partial charge on any atom is 0.317 e. The number of fused-ring (bicyclic) bond motifs is 1. The summed E-state index contributed by atoms with van der Waals surface area (Å²) in [5, 5.41) is 2.89. The summed E-state index contributed by atoms with van der Waals surface area (Å²) in [4.78, 5) is 21.2. The number of piperazine rings is 1. The number of nitrogens with one attached hydrogen (secondary N) is 1. The van der Waals surface area contributed by atoms with Crippen LogP contribution in [0, 0.1) is 0 Å². The molecule has 28 heavy (non-hydrogen) atoms. The van der Waals surface area contributed by atoms with Crippen LogP contribution in [0.2, 0.25) is 0 Å². The molecule has 2 amide bonds. The molecular weight excluding hydrogens is 350 g/mol. The monoisotopic (exact) mass is 377 g/mol. The number of para-hydroxylation sites is 2. The molecule has 1 aliphatic heterocycles. The molecule has 146 valence electrons. The number of carbonyl (C=O) groups excluding carboxylic acids is 1. The zero-order chi connectivity index (χ0) is 19.3. The van der Waals surface area contributed by atoms with Crippen LogP contribution >= 0.6 is 0 Å². The fourth-order valence-corrected chi connectivity index (χ4v) is 3.76. The van der Waals surface area contributed by atoms with Crippen LogP contribution < -0.4 is 5.32 Å². The fourth-order valence-electron chi connectivity index (χ4n) is 3.76. The first kappa shape index (κ1) is 18.5. The van der Waals surface area contributed by atoms with E-state index >= 15 is 0 Å². The summed E-state index contributed by atoms with van der Waals surface area (Å²) in [6.45, 7) is 7.47. The standard InChI is InChI=1S/C22H27N5O/c1-2-23-22(28)26-14-12-25(13-15-26)17-21-24-19-10-6-7-11-20(19)27(21)16-18-8-4-3-5-9-18/h3-11H,2,12-17H2,1H3,(H,23,28). The largest absolute Gasteiger partial charge is 0.338 e. The van der Waals surface area contributed by atoms with Crippen LogP contribution in [0.5, 0.6) is 0 Å². The average Bonchev–Trinajstić information content (AvgIpc) is 3.06. The van der Waals surface area contributed by atoms with Crippen LogP contribution in [0.1, 0.15) is 18.3 Å². The van der Waals surface area contributed by atoms with Crippen molar-refractivity contribution in [3.63, 3.8) is 0 Å². The van der Waals surface area contributed by atoms with E-state index in [1.54, 1.807) is 0 Å². The van der Waals surface area contributed by atoms with Crippen molar-refractivity contribution in [2.24, 2.45) is 0 Å². The quantitative estimate of drug-likeness (QED) is 0.744. The number of nitrogens with zero attached hydrogens (tertiary/aromatic N) is 4. The van der Waals surface area contributed by atoms with Crippen molar-refractivity contribution >= 4 is 17.1 Å². The van der Waals surface area contributed by atoms with Crippen LogP contribution in [0.3, 0.4) is 0 Å². The van der Waals surface area contributed by atoms with E-state index in [1.807, 2.05) is 24.0 Å². The van der Waals surface area contributed by atoms with Gasteiger partial charge in [0.05, 0.1) is 17.6 Å². The topological polar surface area (TPSA) is 53.4 Å². The highest BCUT2D eigenvalue weighted by molar-refractivity contribution is 5.76. The minimum absolute atomic E-state index is 0.0402. The van der Waals surface area contributed by atoms with Gasteiger partial charge in [-0.2, -0.15) is 0 Å². The lowest BCUT2D eigenvalue weighted by Crippen LogP contribution is -2.51. The van der Waals surface area contributed by atoms with Gasteiger partial charge in [0, 0.05) is 39.3 Å². The van der Waals surface area contributed by atoms with E-state index in [0.29, 0.717) is 6.54 Å². The number of benzene rings is 2. The Balaban J connectivity index is 1.51. The third kappa shape index (κ3) is 4.02. The first-order valence-electron chi connectivity index (χ1n) is 9.98. The van der Waals surface area contributed by atoms with Crippen LogP contribution in [-0.2, 0) is 13.1 Å². The predicted octanol–water partition coefficient (Wildman–Crippen LogP) is 2.93. The molecule has 4 rings (SSSR count). The predicted molar refractivity (Wildman–Crippen MR) is 111 cm³/mol. The second kappa shape index (κ2) is 8.44. The molecule has 0 unspecified atom stereocenters. The second-order valence-corrected chi connectivity index (χ2v) is 7.19. The molecule has 0 spiro atoms. The highest BCUT2D eigenvalue weighted by atomic mass is 16.2. The van der Waals surface area contributed by atoms with Gasteiger partial charge in [0.15, 0.2) is 0 Å². The van der Waals surface area contributed by atoms with E-state index in [-0.39, 0.29) is 6.03 Å². The third-order valence-corrected chi connectivity index (χ3v) is 5.27. The Morgan fingerprint density at radius 2 is 1.68 bits per heavy atom. The van der Waals surface area contributed by atoms with E-state index in [4.69, 9.17) is 4.98 Å². The molecule has 6 nitrogen and oxygen atoms in total. The number of hydrogen-bond donors (Lipinski definition) is 1. The lowest BCUT2D eigenvalue weighted by Gasteiger charge is -2.34. The summed E-state index contributed by atoms with van der Waals surface area (Å²) in [7, 11) is 0. The van der Waals surface area contributed by atoms with Crippen LogP contribution in [0.15, 0.2) is 54.6 Å². The number of amides is 2. The molecule has 1 N–H and O–H groups in total. The second-order valence-electron chi connectivity index (χ2n) is 7.19. The van der Waals surface area contributed by atoms with Gasteiger partial charge < -0.3 is 14.8 Å². The molecule has 1 fully saturated rings. The fraction of sp³-hybridized carbons (Fsp3) is 0.364. The summed E-state index contributed by atoms with van der Waals surface area (Å²) in [6, 6.07) is 18.9. The van der Waals surface area contributed by atoms with Crippen molar-refractivity contribution in [1.82, 2.24) is 24.7 Å². The molecule has 2 heterocycles. The summed E-state index contributed by atoms with van der Waals surface area (Å²) < 4.78 is 2.32. The van der Waals surface area contributed by atoms with E-state index in [9.17, 15) is 4.79 Å². The SMILES string of the molecule is CCNC(=O)N1CCN(Cc2nc3ccccc3n2Cc2ccccc2)CC1. The Morgan fingerprint density at radius 3 is 2.43 bits per heavy atom. The van der Waals surface area contributed by atoms with Gasteiger partial charge in [-0.05, 0) is 24.6 Å². The average molecular weight is 377 g/mol. The Kier molecular flexibility index (Phi) is 5.58. The molecule has 0 atom stereocenters. The van der Waals surface area contributed by atoms with Gasteiger partial charge >= 0.3 is 6.03 Å². The number of rotatable bonds is 5.